The fourth-order valence-corrected chi connectivity index (χ4v) is 1.84. The summed E-state index contributed by atoms with van der Waals surface area (Å²) >= 11 is 0. The highest BCUT2D eigenvalue weighted by Gasteiger charge is 2.17. The van der Waals surface area contributed by atoms with E-state index in [1.807, 2.05) is 6.08 Å². The summed E-state index contributed by atoms with van der Waals surface area (Å²) in [6, 6.07) is 2.07. The molecule has 2 N–H and O–H groups in total. The lowest BCUT2D eigenvalue weighted by Gasteiger charge is -1.99. The van der Waals surface area contributed by atoms with Gasteiger partial charge in [-0.15, -0.1) is 0 Å². The zero-order chi connectivity index (χ0) is 10.4. The molecule has 15 heavy (non-hydrogen) atoms. The molecule has 2 heterocycles. The number of rotatable bonds is 0. The highest BCUT2D eigenvalue weighted by molar-refractivity contribution is 6.21. The third-order valence-electron chi connectivity index (χ3n) is 2.54. The normalized spacial score (nSPS) is 13.1. The Labute approximate surface area is 85.4 Å². The average molecular weight is 194 g/mol. The Morgan fingerprint density at radius 2 is 2.27 bits per heavy atom. The number of nitrogens with zero attached hydrogens (tertiary/aromatic N) is 2. The van der Waals surface area contributed by atoms with Crippen LogP contribution in [0.1, 0.15) is 16.7 Å². The van der Waals surface area contributed by atoms with Crippen molar-refractivity contribution < 1.29 is 0 Å². The maximum atomic E-state index is 8.86. The second kappa shape index (κ2) is 2.55. The van der Waals surface area contributed by atoms with Gasteiger partial charge in [0.25, 0.3) is 0 Å². The van der Waals surface area contributed by atoms with Crippen LogP contribution in [0.5, 0.6) is 0 Å². The van der Waals surface area contributed by atoms with E-state index in [1.165, 1.54) is 0 Å². The van der Waals surface area contributed by atoms with Crippen LogP contribution in [0.4, 0.5) is 0 Å². The second-order valence-corrected chi connectivity index (χ2v) is 3.37. The van der Waals surface area contributed by atoms with E-state index in [1.54, 1.807) is 18.5 Å². The lowest BCUT2D eigenvalue weighted by atomic mass is 10.1. The first-order valence-electron chi connectivity index (χ1n) is 4.48. The summed E-state index contributed by atoms with van der Waals surface area (Å²) in [6.07, 6.45) is 6.92. The highest BCUT2D eigenvalue weighted by Crippen LogP contribution is 2.27. The van der Waals surface area contributed by atoms with E-state index in [9.17, 15) is 0 Å². The van der Waals surface area contributed by atoms with Crippen LogP contribution in [0.2, 0.25) is 0 Å². The number of nitriles is 1. The number of hydrogen-bond donors (Lipinski definition) is 2. The Bertz CT molecular complexity index is 655. The first kappa shape index (κ1) is 7.94. The molecule has 0 aliphatic heterocycles. The summed E-state index contributed by atoms with van der Waals surface area (Å²) < 4.78 is 0. The van der Waals surface area contributed by atoms with Gasteiger partial charge in [0, 0.05) is 23.5 Å². The molecular formula is C11H6N4. The molecular weight excluding hydrogens is 188 g/mol. The van der Waals surface area contributed by atoms with Gasteiger partial charge in [0.2, 0.25) is 0 Å². The van der Waals surface area contributed by atoms with Crippen molar-refractivity contribution in [2.45, 2.75) is 0 Å². The number of nitrogens with one attached hydrogen (secondary N) is 2. The minimum absolute atomic E-state index is 0.462. The van der Waals surface area contributed by atoms with Crippen LogP contribution < -0.4 is 0 Å². The van der Waals surface area contributed by atoms with Crippen LogP contribution in [0.15, 0.2) is 18.5 Å². The van der Waals surface area contributed by atoms with Crippen molar-refractivity contribution in [2.75, 3.05) is 0 Å². The molecule has 0 saturated carbocycles. The molecule has 0 saturated heterocycles. The molecule has 0 unspecified atom stereocenters. The van der Waals surface area contributed by atoms with Crippen LogP contribution in [-0.2, 0) is 0 Å². The smallest absolute Gasteiger partial charge is 0.106 e. The minimum Gasteiger partial charge on any atom is -0.358 e. The average Bonchev–Trinajstić information content (AvgIpc) is 2.81. The quantitative estimate of drug-likeness (QED) is 0.671. The summed E-state index contributed by atoms with van der Waals surface area (Å²) in [5.41, 5.74) is 4.17. The Kier molecular flexibility index (Phi) is 1.35. The van der Waals surface area contributed by atoms with Crippen molar-refractivity contribution in [1.82, 2.24) is 9.97 Å². The Morgan fingerprint density at radius 3 is 3.07 bits per heavy atom. The van der Waals surface area contributed by atoms with Crippen LogP contribution in [0, 0.1) is 16.7 Å². The summed E-state index contributed by atoms with van der Waals surface area (Å²) in [6.45, 7) is 0. The number of hydrogen-bond acceptors (Lipinski definition) is 3. The highest BCUT2D eigenvalue weighted by atomic mass is 14.8. The van der Waals surface area contributed by atoms with Gasteiger partial charge in [-0.05, 0) is 6.08 Å². The lowest BCUT2D eigenvalue weighted by Crippen LogP contribution is -1.94. The molecule has 0 radical (unpaired) electrons. The third-order valence-corrected chi connectivity index (χ3v) is 2.54. The van der Waals surface area contributed by atoms with E-state index in [4.69, 9.17) is 10.7 Å². The fourth-order valence-electron chi connectivity index (χ4n) is 1.84. The second-order valence-electron chi connectivity index (χ2n) is 3.37. The maximum Gasteiger partial charge on any atom is 0.106 e. The van der Waals surface area contributed by atoms with Crippen molar-refractivity contribution in [3.63, 3.8) is 0 Å². The zero-order valence-electron chi connectivity index (χ0n) is 7.70. The molecule has 0 fully saturated rings. The third kappa shape index (κ3) is 0.891. The van der Waals surface area contributed by atoms with Crippen LogP contribution in [0.25, 0.3) is 17.1 Å². The summed E-state index contributed by atoms with van der Waals surface area (Å²) in [5.74, 6) is 0. The van der Waals surface area contributed by atoms with Gasteiger partial charge >= 0.3 is 0 Å². The number of aromatic amines is 1. The Balaban J connectivity index is 2.48. The SMILES string of the molecule is N#Cc1c[nH]c2c3c(cnc12)C=CC3=N. The topological polar surface area (TPSA) is 76.3 Å². The first-order chi connectivity index (χ1) is 7.31. The fraction of sp³-hybridized carbons (Fsp3) is 0. The van der Waals surface area contributed by atoms with E-state index < -0.39 is 0 Å². The van der Waals surface area contributed by atoms with Crippen LogP contribution in [0.3, 0.4) is 0 Å². The van der Waals surface area contributed by atoms with Crippen molar-refractivity contribution in [3.05, 3.63) is 35.2 Å². The van der Waals surface area contributed by atoms with Crippen molar-refractivity contribution in [3.8, 4) is 6.07 Å². The number of H-pyrrole nitrogens is 1. The molecule has 2 aromatic rings. The molecule has 0 amide bonds. The van der Waals surface area contributed by atoms with Gasteiger partial charge in [0.15, 0.2) is 0 Å². The van der Waals surface area contributed by atoms with Gasteiger partial charge in [0.05, 0.1) is 16.8 Å². The van der Waals surface area contributed by atoms with E-state index in [0.29, 0.717) is 16.8 Å². The lowest BCUT2D eigenvalue weighted by molar-refractivity contribution is 1.38. The van der Waals surface area contributed by atoms with Gasteiger partial charge in [-0.2, -0.15) is 5.26 Å². The summed E-state index contributed by atoms with van der Waals surface area (Å²) in [7, 11) is 0. The van der Waals surface area contributed by atoms with E-state index in [0.717, 1.165) is 16.6 Å². The Hall–Kier alpha value is -2.41. The predicted octanol–water partition coefficient (Wildman–Crippen LogP) is 1.83. The molecule has 4 nitrogen and oxygen atoms in total. The van der Waals surface area contributed by atoms with Crippen molar-refractivity contribution in [2.24, 2.45) is 0 Å². The summed E-state index contributed by atoms with van der Waals surface area (Å²) in [4.78, 5) is 7.22. The molecule has 2 aromatic heterocycles. The minimum atomic E-state index is 0.462. The predicted molar refractivity (Wildman–Crippen MR) is 56.7 cm³/mol. The number of pyridine rings is 1. The summed E-state index contributed by atoms with van der Waals surface area (Å²) in [5, 5.41) is 16.6. The van der Waals surface area contributed by atoms with Gasteiger partial charge < -0.3 is 10.4 Å². The molecule has 70 valence electrons. The Morgan fingerprint density at radius 1 is 1.40 bits per heavy atom. The molecule has 0 aromatic carbocycles. The van der Waals surface area contributed by atoms with Crippen LogP contribution in [-0.4, -0.2) is 15.7 Å². The van der Waals surface area contributed by atoms with Gasteiger partial charge in [-0.3, -0.25) is 4.98 Å². The number of aromatic nitrogens is 2. The van der Waals surface area contributed by atoms with Crippen molar-refractivity contribution in [1.29, 1.82) is 10.7 Å². The maximum absolute atomic E-state index is 8.86. The molecule has 0 atom stereocenters. The van der Waals surface area contributed by atoms with Crippen molar-refractivity contribution >= 4 is 22.8 Å². The standard InChI is InChI=1S/C11H6N4/c12-3-7-5-15-11-9-6(1-2-8(9)13)4-14-10(7)11/h1-2,4-5,13,15H. The molecule has 1 aliphatic carbocycles. The number of fused-ring (bicyclic) bond motifs is 3. The van der Waals surface area contributed by atoms with Gasteiger partial charge in [-0.25, -0.2) is 0 Å². The molecule has 0 bridgehead atoms. The van der Waals surface area contributed by atoms with E-state index >= 15 is 0 Å². The van der Waals surface area contributed by atoms with Gasteiger partial charge in [0.1, 0.15) is 11.6 Å². The van der Waals surface area contributed by atoms with E-state index in [-0.39, 0.29) is 0 Å². The molecule has 4 heteroatoms. The number of allylic oxidation sites excluding steroid dienone is 1. The van der Waals surface area contributed by atoms with E-state index in [2.05, 4.69) is 16.0 Å². The van der Waals surface area contributed by atoms with Crippen LogP contribution >= 0.6 is 0 Å². The monoisotopic (exact) mass is 194 g/mol. The first-order valence-corrected chi connectivity index (χ1v) is 4.48. The van der Waals surface area contributed by atoms with Gasteiger partial charge in [-0.1, -0.05) is 6.08 Å². The molecule has 0 spiro atoms. The zero-order valence-corrected chi connectivity index (χ0v) is 7.70. The largest absolute Gasteiger partial charge is 0.358 e. The molecule has 1 aliphatic rings. The molecule has 3 rings (SSSR count).